The van der Waals surface area contributed by atoms with E-state index in [0.717, 1.165) is 31.6 Å². The number of rotatable bonds is 6. The first-order chi connectivity index (χ1) is 16.1. The Morgan fingerprint density at radius 3 is 2.73 bits per heavy atom. The fourth-order valence-electron chi connectivity index (χ4n) is 3.83. The van der Waals surface area contributed by atoms with Crippen LogP contribution in [0.1, 0.15) is 21.5 Å². The third-order valence-electron chi connectivity index (χ3n) is 5.57. The predicted molar refractivity (Wildman–Crippen MR) is 133 cm³/mol. The van der Waals surface area contributed by atoms with Crippen molar-refractivity contribution in [1.82, 2.24) is 20.2 Å². The normalized spacial score (nSPS) is 13.4. The summed E-state index contributed by atoms with van der Waals surface area (Å²) < 4.78 is 0. The lowest BCUT2D eigenvalue weighted by Crippen LogP contribution is -2.26. The third-order valence-corrected chi connectivity index (χ3v) is 5.84. The quantitative estimate of drug-likeness (QED) is 0.482. The van der Waals surface area contributed by atoms with Gasteiger partial charge in [0.1, 0.15) is 5.02 Å². The maximum absolute atomic E-state index is 12.2. The number of nitrogens with zero attached hydrogens (tertiary/aromatic N) is 3. The van der Waals surface area contributed by atoms with Crippen LogP contribution in [0.3, 0.4) is 0 Å². The Hall–Kier alpha value is -3.60. The van der Waals surface area contributed by atoms with E-state index in [0.29, 0.717) is 34.6 Å². The Morgan fingerprint density at radius 2 is 1.94 bits per heavy atom. The molecule has 3 N–H and O–H groups in total. The van der Waals surface area contributed by atoms with Gasteiger partial charge in [0.25, 0.3) is 5.91 Å². The average Bonchev–Trinajstić information content (AvgIpc) is 3.03. The van der Waals surface area contributed by atoms with Gasteiger partial charge in [0.15, 0.2) is 5.82 Å². The van der Waals surface area contributed by atoms with Gasteiger partial charge in [-0.25, -0.2) is 4.98 Å². The standard InChI is InChI=1S/C25H25ClN6O/c1-3-12-32-13-10-17-8-9-19(15-18(17)11-14-32)29-25-28-16-21(26)23(31-25)30-22-7-5-4-6-20(22)24(33)27-2/h1,4-9,15-16H,10-14H2,2H3,(H,27,33)(H2,28,29,30,31). The summed E-state index contributed by atoms with van der Waals surface area (Å²) in [5.74, 6) is 3.34. The lowest BCUT2D eigenvalue weighted by molar-refractivity contribution is 0.0964. The number of hydrogen-bond acceptors (Lipinski definition) is 6. The van der Waals surface area contributed by atoms with Gasteiger partial charge < -0.3 is 16.0 Å². The second-order valence-corrected chi connectivity index (χ2v) is 8.14. The molecule has 0 unspecified atom stereocenters. The van der Waals surface area contributed by atoms with Gasteiger partial charge in [-0.15, -0.1) is 6.42 Å². The molecule has 0 atom stereocenters. The maximum Gasteiger partial charge on any atom is 0.253 e. The van der Waals surface area contributed by atoms with Gasteiger partial charge in [-0.3, -0.25) is 9.69 Å². The molecular formula is C25H25ClN6O. The topological polar surface area (TPSA) is 82.2 Å². The molecule has 2 heterocycles. The molecule has 3 aromatic rings. The highest BCUT2D eigenvalue weighted by molar-refractivity contribution is 6.33. The molecule has 0 bridgehead atoms. The van der Waals surface area contributed by atoms with Crippen molar-refractivity contribution >= 4 is 40.6 Å². The van der Waals surface area contributed by atoms with Crippen LogP contribution >= 0.6 is 11.6 Å². The monoisotopic (exact) mass is 460 g/mol. The number of aromatic nitrogens is 2. The first-order valence-electron chi connectivity index (χ1n) is 10.7. The average molecular weight is 461 g/mol. The smallest absolute Gasteiger partial charge is 0.253 e. The summed E-state index contributed by atoms with van der Waals surface area (Å²) in [6.45, 7) is 2.59. The van der Waals surface area contributed by atoms with Gasteiger partial charge in [-0.2, -0.15) is 4.98 Å². The first-order valence-corrected chi connectivity index (χ1v) is 11.1. The minimum Gasteiger partial charge on any atom is -0.355 e. The SMILES string of the molecule is C#CCN1CCc2ccc(Nc3ncc(Cl)c(Nc4ccccc4C(=O)NC)n3)cc2CC1. The molecule has 7 nitrogen and oxygen atoms in total. The van der Waals surface area contributed by atoms with Crippen LogP contribution < -0.4 is 16.0 Å². The molecule has 168 valence electrons. The van der Waals surface area contributed by atoms with Crippen LogP contribution in [0.15, 0.2) is 48.7 Å². The highest BCUT2D eigenvalue weighted by atomic mass is 35.5. The van der Waals surface area contributed by atoms with Crippen LogP contribution in [0.2, 0.25) is 5.02 Å². The lowest BCUT2D eigenvalue weighted by atomic mass is 10.0. The zero-order valence-electron chi connectivity index (χ0n) is 18.4. The van der Waals surface area contributed by atoms with Crippen LogP contribution in [-0.4, -0.2) is 47.5 Å². The summed E-state index contributed by atoms with van der Waals surface area (Å²) in [5, 5.41) is 9.40. The molecule has 0 radical (unpaired) electrons. The number of terminal acetylenes is 1. The fraction of sp³-hybridized carbons (Fsp3) is 0.240. The third kappa shape index (κ3) is 5.43. The number of carbonyl (C=O) groups excluding carboxylic acids is 1. The highest BCUT2D eigenvalue weighted by Gasteiger charge is 2.15. The van der Waals surface area contributed by atoms with Gasteiger partial charge in [0.05, 0.1) is 24.0 Å². The number of para-hydroxylation sites is 1. The van der Waals surface area contributed by atoms with E-state index in [-0.39, 0.29) is 5.91 Å². The second kappa shape index (κ2) is 10.3. The summed E-state index contributed by atoms with van der Waals surface area (Å²) in [4.78, 5) is 23.3. The molecule has 0 saturated carbocycles. The Bertz CT molecular complexity index is 1210. The fourth-order valence-corrected chi connectivity index (χ4v) is 3.97. The van der Waals surface area contributed by atoms with E-state index < -0.39 is 0 Å². The van der Waals surface area contributed by atoms with Crippen LogP contribution in [0.25, 0.3) is 0 Å². The molecule has 4 rings (SSSR count). The van der Waals surface area contributed by atoms with Gasteiger partial charge in [-0.1, -0.05) is 35.7 Å². The van der Waals surface area contributed by atoms with Crippen LogP contribution in [0.4, 0.5) is 23.1 Å². The summed E-state index contributed by atoms with van der Waals surface area (Å²) in [5.41, 5.74) is 4.63. The minimum absolute atomic E-state index is 0.201. The van der Waals surface area contributed by atoms with Crippen molar-refractivity contribution in [1.29, 1.82) is 0 Å². The summed E-state index contributed by atoms with van der Waals surface area (Å²) in [7, 11) is 1.59. The van der Waals surface area contributed by atoms with Crippen molar-refractivity contribution in [3.8, 4) is 12.3 Å². The summed E-state index contributed by atoms with van der Waals surface area (Å²) in [6, 6.07) is 13.5. The predicted octanol–water partition coefficient (Wildman–Crippen LogP) is 4.01. The highest BCUT2D eigenvalue weighted by Crippen LogP contribution is 2.28. The van der Waals surface area contributed by atoms with Crippen molar-refractivity contribution in [2.45, 2.75) is 12.8 Å². The number of anilines is 4. The zero-order chi connectivity index (χ0) is 23.2. The van der Waals surface area contributed by atoms with Crippen LogP contribution in [0, 0.1) is 12.3 Å². The molecule has 0 aliphatic carbocycles. The Morgan fingerprint density at radius 1 is 1.15 bits per heavy atom. The second-order valence-electron chi connectivity index (χ2n) is 7.73. The Balaban J connectivity index is 1.53. The molecule has 0 fully saturated rings. The first kappa shape index (κ1) is 22.6. The van der Waals surface area contributed by atoms with Crippen LogP contribution in [0.5, 0.6) is 0 Å². The molecule has 2 aromatic carbocycles. The van der Waals surface area contributed by atoms with E-state index >= 15 is 0 Å². The van der Waals surface area contributed by atoms with E-state index in [2.05, 4.69) is 48.9 Å². The van der Waals surface area contributed by atoms with E-state index in [1.807, 2.05) is 12.1 Å². The molecular weight excluding hydrogens is 436 g/mol. The molecule has 8 heteroatoms. The number of nitrogens with one attached hydrogen (secondary N) is 3. The molecule has 1 aliphatic heterocycles. The maximum atomic E-state index is 12.2. The molecule has 33 heavy (non-hydrogen) atoms. The number of halogens is 1. The minimum atomic E-state index is -0.201. The summed E-state index contributed by atoms with van der Waals surface area (Å²) in [6.07, 6.45) is 8.93. The van der Waals surface area contributed by atoms with Crippen molar-refractivity contribution in [2.24, 2.45) is 0 Å². The van der Waals surface area contributed by atoms with E-state index in [1.54, 1.807) is 25.2 Å². The van der Waals surface area contributed by atoms with Crippen molar-refractivity contribution in [2.75, 3.05) is 37.3 Å². The summed E-state index contributed by atoms with van der Waals surface area (Å²) >= 11 is 6.33. The molecule has 0 saturated heterocycles. The van der Waals surface area contributed by atoms with E-state index in [1.165, 1.54) is 17.3 Å². The van der Waals surface area contributed by atoms with Crippen LogP contribution in [-0.2, 0) is 12.8 Å². The van der Waals surface area contributed by atoms with Crippen molar-refractivity contribution < 1.29 is 4.79 Å². The Kier molecular flexibility index (Phi) is 7.08. The molecule has 1 aromatic heterocycles. The van der Waals surface area contributed by atoms with Gasteiger partial charge in [0.2, 0.25) is 5.95 Å². The zero-order valence-corrected chi connectivity index (χ0v) is 19.1. The number of carbonyl (C=O) groups is 1. The molecule has 1 amide bonds. The number of fused-ring (bicyclic) bond motifs is 1. The van der Waals surface area contributed by atoms with Gasteiger partial charge >= 0.3 is 0 Å². The van der Waals surface area contributed by atoms with Crippen molar-refractivity contribution in [3.05, 3.63) is 70.4 Å². The number of amides is 1. The van der Waals surface area contributed by atoms with Gasteiger partial charge in [-0.05, 0) is 48.2 Å². The molecule has 0 spiro atoms. The lowest BCUT2D eigenvalue weighted by Gasteiger charge is -2.15. The molecule has 1 aliphatic rings. The van der Waals surface area contributed by atoms with Gasteiger partial charge in [0, 0.05) is 25.8 Å². The van der Waals surface area contributed by atoms with E-state index in [4.69, 9.17) is 18.0 Å². The number of hydrogen-bond donors (Lipinski definition) is 3. The number of benzene rings is 2. The largest absolute Gasteiger partial charge is 0.355 e. The van der Waals surface area contributed by atoms with Crippen molar-refractivity contribution in [3.63, 3.8) is 0 Å². The Labute approximate surface area is 198 Å². The van der Waals surface area contributed by atoms with E-state index in [9.17, 15) is 4.79 Å².